The number of ether oxygens (including phenoxy) is 2. The van der Waals surface area contributed by atoms with Gasteiger partial charge in [0.15, 0.2) is 11.5 Å². The van der Waals surface area contributed by atoms with Crippen LogP contribution in [0.2, 0.25) is 10.0 Å². The highest BCUT2D eigenvalue weighted by Crippen LogP contribution is 2.40. The number of nitrogens with zero attached hydrogens (tertiary/aromatic N) is 1. The molecular formula is C31H28Cl2N2O3S. The number of nitrogens with one attached hydrogen (secondary N) is 1. The Labute approximate surface area is 242 Å². The van der Waals surface area contributed by atoms with E-state index in [4.69, 9.17) is 37.7 Å². The van der Waals surface area contributed by atoms with E-state index in [0.29, 0.717) is 33.7 Å². The van der Waals surface area contributed by atoms with Crippen LogP contribution < -0.4 is 14.8 Å². The highest BCUT2D eigenvalue weighted by Gasteiger charge is 2.25. The Kier molecular flexibility index (Phi) is 8.87. The van der Waals surface area contributed by atoms with E-state index in [-0.39, 0.29) is 12.5 Å². The Balaban J connectivity index is 1.38. The monoisotopic (exact) mass is 578 g/mol. The number of rotatable bonds is 9. The minimum atomic E-state index is -0.118. The second-order valence-corrected chi connectivity index (χ2v) is 11.1. The summed E-state index contributed by atoms with van der Waals surface area (Å²) in [5, 5.41) is 4.90. The molecule has 3 aromatic carbocycles. The maximum Gasteiger partial charge on any atom is 0.259 e. The maximum atomic E-state index is 13.4. The van der Waals surface area contributed by atoms with Crippen LogP contribution >= 0.6 is 34.5 Å². The van der Waals surface area contributed by atoms with Gasteiger partial charge in [0.2, 0.25) is 0 Å². The predicted molar refractivity (Wildman–Crippen MR) is 161 cm³/mol. The molecule has 8 heteroatoms. The van der Waals surface area contributed by atoms with Gasteiger partial charge in [0.1, 0.15) is 11.6 Å². The van der Waals surface area contributed by atoms with E-state index in [9.17, 15) is 4.79 Å². The topological polar surface area (TPSA) is 59.9 Å². The Hall–Kier alpha value is -3.32. The first-order valence-electron chi connectivity index (χ1n) is 12.9. The van der Waals surface area contributed by atoms with Gasteiger partial charge in [0, 0.05) is 32.4 Å². The van der Waals surface area contributed by atoms with Crippen LogP contribution in [-0.4, -0.2) is 18.7 Å². The molecule has 0 radical (unpaired) electrons. The summed E-state index contributed by atoms with van der Waals surface area (Å²) in [5.41, 5.74) is 4.25. The Morgan fingerprint density at radius 2 is 1.82 bits per heavy atom. The average Bonchev–Trinajstić information content (AvgIpc) is 3.31. The van der Waals surface area contributed by atoms with E-state index >= 15 is 0 Å². The molecule has 0 atom stereocenters. The lowest BCUT2D eigenvalue weighted by Crippen LogP contribution is -2.14. The van der Waals surface area contributed by atoms with Crippen molar-refractivity contribution < 1.29 is 14.3 Å². The molecule has 1 aromatic heterocycles. The Bertz CT molecular complexity index is 1500. The summed E-state index contributed by atoms with van der Waals surface area (Å²) in [6, 6.07) is 20.5. The summed E-state index contributed by atoms with van der Waals surface area (Å²) in [6.07, 6.45) is 5.88. The SMILES string of the molecule is CCOc1cc(C=Nc2sc3c(c2C(=O)Nc2ccccc2)CCCC3)ccc1OCc1ccc(Cl)cc1Cl. The van der Waals surface area contributed by atoms with E-state index < -0.39 is 0 Å². The van der Waals surface area contributed by atoms with Crippen molar-refractivity contribution in [1.82, 2.24) is 0 Å². The van der Waals surface area contributed by atoms with Crippen molar-refractivity contribution in [3.05, 3.63) is 104 Å². The zero-order chi connectivity index (χ0) is 27.2. The van der Waals surface area contributed by atoms with Gasteiger partial charge in [0.05, 0.1) is 12.2 Å². The lowest BCUT2D eigenvalue weighted by Gasteiger charge is -2.13. The third-order valence-electron chi connectivity index (χ3n) is 6.41. The van der Waals surface area contributed by atoms with E-state index in [1.165, 1.54) is 4.88 Å². The molecule has 5 nitrogen and oxygen atoms in total. The van der Waals surface area contributed by atoms with Gasteiger partial charge in [-0.2, -0.15) is 0 Å². The number of halogens is 2. The van der Waals surface area contributed by atoms with E-state index in [1.54, 1.807) is 29.7 Å². The third-order valence-corrected chi connectivity index (χ3v) is 8.19. The van der Waals surface area contributed by atoms with Crippen LogP contribution in [0, 0.1) is 0 Å². The summed E-state index contributed by atoms with van der Waals surface area (Å²) in [4.78, 5) is 19.4. The van der Waals surface area contributed by atoms with Crippen molar-refractivity contribution in [2.75, 3.05) is 11.9 Å². The third kappa shape index (κ3) is 6.64. The molecule has 0 unspecified atom stereocenters. The average molecular weight is 580 g/mol. The molecule has 200 valence electrons. The van der Waals surface area contributed by atoms with Crippen molar-refractivity contribution in [3.8, 4) is 11.5 Å². The summed E-state index contributed by atoms with van der Waals surface area (Å²) in [7, 11) is 0. The Morgan fingerprint density at radius 1 is 1.00 bits per heavy atom. The van der Waals surface area contributed by atoms with Crippen LogP contribution in [0.3, 0.4) is 0 Å². The second kappa shape index (κ2) is 12.7. The first-order chi connectivity index (χ1) is 19.0. The molecule has 0 aliphatic heterocycles. The van der Waals surface area contributed by atoms with Crippen molar-refractivity contribution in [3.63, 3.8) is 0 Å². The van der Waals surface area contributed by atoms with E-state index in [2.05, 4.69) is 5.32 Å². The van der Waals surface area contributed by atoms with Crippen molar-refractivity contribution >= 4 is 57.3 Å². The molecule has 0 saturated carbocycles. The van der Waals surface area contributed by atoms with Gasteiger partial charge in [-0.1, -0.05) is 47.5 Å². The van der Waals surface area contributed by atoms with Crippen LogP contribution in [0.5, 0.6) is 11.5 Å². The standard InChI is InChI=1S/C31H28Cl2N2O3S/c1-2-37-27-16-20(12-15-26(27)38-19-21-13-14-22(32)17-25(21)33)18-34-31-29(24-10-6-7-11-28(24)39-31)30(36)35-23-8-4-3-5-9-23/h3-5,8-9,12-18H,2,6-7,10-11,19H2,1H3,(H,35,36). The highest BCUT2D eigenvalue weighted by molar-refractivity contribution is 7.16. The first kappa shape index (κ1) is 27.3. The van der Waals surface area contributed by atoms with E-state index in [0.717, 1.165) is 53.1 Å². The second-order valence-electron chi connectivity index (χ2n) is 9.13. The van der Waals surface area contributed by atoms with Crippen molar-refractivity contribution in [2.45, 2.75) is 39.2 Å². The number of hydrogen-bond acceptors (Lipinski definition) is 5. The van der Waals surface area contributed by atoms with Crippen LogP contribution in [0.25, 0.3) is 0 Å². The van der Waals surface area contributed by atoms with Gasteiger partial charge in [-0.3, -0.25) is 4.79 Å². The molecule has 1 aliphatic rings. The van der Waals surface area contributed by atoms with E-state index in [1.807, 2.05) is 61.5 Å². The summed E-state index contributed by atoms with van der Waals surface area (Å²) in [5.74, 6) is 1.10. The number of carbonyl (C=O) groups excluding carboxylic acids is 1. The summed E-state index contributed by atoms with van der Waals surface area (Å²) < 4.78 is 11.9. The smallest absolute Gasteiger partial charge is 0.259 e. The van der Waals surface area contributed by atoms with Crippen LogP contribution in [0.4, 0.5) is 10.7 Å². The van der Waals surface area contributed by atoms with Crippen molar-refractivity contribution in [2.24, 2.45) is 4.99 Å². The number of aliphatic imine (C=N–C) groups is 1. The van der Waals surface area contributed by atoms with Gasteiger partial charge in [-0.25, -0.2) is 4.99 Å². The molecular weight excluding hydrogens is 551 g/mol. The molecule has 0 fully saturated rings. The molecule has 5 rings (SSSR count). The first-order valence-corrected chi connectivity index (χ1v) is 14.5. The number of benzene rings is 3. The minimum absolute atomic E-state index is 0.118. The molecule has 0 spiro atoms. The molecule has 39 heavy (non-hydrogen) atoms. The molecule has 1 aliphatic carbocycles. The fourth-order valence-electron chi connectivity index (χ4n) is 4.51. The van der Waals surface area contributed by atoms with Crippen molar-refractivity contribution in [1.29, 1.82) is 0 Å². The normalized spacial score (nSPS) is 12.8. The number of aryl methyl sites for hydroxylation is 1. The molecule has 4 aromatic rings. The number of thiophene rings is 1. The number of para-hydroxylation sites is 1. The van der Waals surface area contributed by atoms with Crippen LogP contribution in [0.1, 0.15) is 51.7 Å². The Morgan fingerprint density at radius 3 is 2.62 bits per heavy atom. The van der Waals surface area contributed by atoms with Gasteiger partial charge in [-0.05, 0) is 86.2 Å². The largest absolute Gasteiger partial charge is 0.490 e. The van der Waals surface area contributed by atoms with Gasteiger partial charge in [-0.15, -0.1) is 11.3 Å². The van der Waals surface area contributed by atoms with Crippen LogP contribution in [-0.2, 0) is 19.4 Å². The highest BCUT2D eigenvalue weighted by atomic mass is 35.5. The fourth-order valence-corrected chi connectivity index (χ4v) is 6.21. The summed E-state index contributed by atoms with van der Waals surface area (Å²) in [6.45, 7) is 2.69. The van der Waals surface area contributed by atoms with Crippen LogP contribution in [0.15, 0.2) is 71.7 Å². The number of anilines is 1. The molecule has 1 N–H and O–H groups in total. The lowest BCUT2D eigenvalue weighted by molar-refractivity contribution is 0.102. The summed E-state index contributed by atoms with van der Waals surface area (Å²) >= 11 is 13.9. The maximum absolute atomic E-state index is 13.4. The lowest BCUT2D eigenvalue weighted by atomic mass is 9.95. The van der Waals surface area contributed by atoms with Gasteiger partial charge < -0.3 is 14.8 Å². The quantitative estimate of drug-likeness (QED) is 0.202. The molecule has 1 heterocycles. The number of carbonyl (C=O) groups is 1. The number of amides is 1. The molecule has 1 amide bonds. The van der Waals surface area contributed by atoms with Gasteiger partial charge >= 0.3 is 0 Å². The minimum Gasteiger partial charge on any atom is -0.490 e. The fraction of sp³-hybridized carbons (Fsp3) is 0.226. The zero-order valence-corrected chi connectivity index (χ0v) is 23.8. The van der Waals surface area contributed by atoms with Gasteiger partial charge in [0.25, 0.3) is 5.91 Å². The molecule has 0 saturated heterocycles. The predicted octanol–water partition coefficient (Wildman–Crippen LogP) is 8.91. The number of hydrogen-bond donors (Lipinski definition) is 1. The zero-order valence-electron chi connectivity index (χ0n) is 21.5. The number of fused-ring (bicyclic) bond motifs is 1. The molecule has 0 bridgehead atoms.